The van der Waals surface area contributed by atoms with Crippen LogP contribution >= 0.6 is 34.5 Å². The van der Waals surface area contributed by atoms with Crippen LogP contribution in [0, 0.1) is 0 Å². The first kappa shape index (κ1) is 21.2. The summed E-state index contributed by atoms with van der Waals surface area (Å²) in [6.07, 6.45) is 0. The van der Waals surface area contributed by atoms with Gasteiger partial charge in [-0.1, -0.05) is 40.6 Å². The van der Waals surface area contributed by atoms with Crippen LogP contribution in [0.2, 0.25) is 10.0 Å². The lowest BCUT2D eigenvalue weighted by Gasteiger charge is -2.32. The van der Waals surface area contributed by atoms with E-state index in [2.05, 4.69) is 20.4 Å². The van der Waals surface area contributed by atoms with E-state index in [0.29, 0.717) is 57.5 Å². The smallest absolute Gasteiger partial charge is 0.338 e. The van der Waals surface area contributed by atoms with Gasteiger partial charge in [0.15, 0.2) is 10.8 Å². The van der Waals surface area contributed by atoms with Crippen molar-refractivity contribution in [3.05, 3.63) is 55.6 Å². The Balaban J connectivity index is 1.81. The molecule has 2 aliphatic heterocycles. The van der Waals surface area contributed by atoms with E-state index in [-0.39, 0.29) is 0 Å². The van der Waals surface area contributed by atoms with Gasteiger partial charge in [-0.3, -0.25) is 9.89 Å². The number of rotatable bonds is 5. The van der Waals surface area contributed by atoms with E-state index in [9.17, 15) is 4.79 Å². The molecule has 1 unspecified atom stereocenters. The van der Waals surface area contributed by atoms with Crippen molar-refractivity contribution in [2.75, 3.05) is 40.0 Å². The molecular weight excluding hydrogens is 449 g/mol. The predicted molar refractivity (Wildman–Crippen MR) is 115 cm³/mol. The van der Waals surface area contributed by atoms with Gasteiger partial charge in [-0.05, 0) is 12.1 Å². The third-order valence-electron chi connectivity index (χ3n) is 4.84. The normalized spacial score (nSPS) is 20.0. The molecule has 1 fully saturated rings. The average Bonchev–Trinajstić information content (AvgIpc) is 3.28. The zero-order valence-electron chi connectivity index (χ0n) is 16.1. The van der Waals surface area contributed by atoms with Crippen molar-refractivity contribution in [1.29, 1.82) is 0 Å². The summed E-state index contributed by atoms with van der Waals surface area (Å²) in [4.78, 5) is 19.8. The van der Waals surface area contributed by atoms with Crippen LogP contribution < -0.4 is 5.32 Å². The first-order valence-electron chi connectivity index (χ1n) is 9.24. The van der Waals surface area contributed by atoms with Gasteiger partial charge in [-0.15, -0.1) is 10.2 Å². The molecule has 2 aliphatic rings. The zero-order chi connectivity index (χ0) is 21.1. The molecule has 1 aromatic carbocycles. The molecule has 2 aromatic rings. The van der Waals surface area contributed by atoms with Gasteiger partial charge in [-0.2, -0.15) is 0 Å². The number of hydrogen-bond acceptors (Lipinski definition) is 9. The Labute approximate surface area is 187 Å². The molecule has 3 heterocycles. The summed E-state index contributed by atoms with van der Waals surface area (Å²) in [6.45, 7) is 3.32. The standard InChI is InChI=1S/C19H19Cl2N5O3S/c1-28-19(27)15-14(9-26-4-6-29-7-5-26)23-17(18-25-22-10-30-18)24-16(15)12-3-2-11(20)8-13(12)21/h2-3,8,10,16H,4-7,9H2,1H3,(H,23,24). The Morgan fingerprint density at radius 2 is 2.17 bits per heavy atom. The van der Waals surface area contributed by atoms with Crippen LogP contribution in [0.15, 0.2) is 40.0 Å². The number of ether oxygens (including phenoxy) is 2. The second-order valence-corrected chi connectivity index (χ2v) is 8.36. The SMILES string of the molecule is COC(=O)C1=C(CN2CCOCC2)NC(c2nncs2)=NC1c1ccc(Cl)cc1Cl. The van der Waals surface area contributed by atoms with E-state index in [0.717, 1.165) is 13.1 Å². The number of nitrogens with one attached hydrogen (secondary N) is 1. The van der Waals surface area contributed by atoms with Crippen LogP contribution in [-0.2, 0) is 14.3 Å². The molecule has 30 heavy (non-hydrogen) atoms. The summed E-state index contributed by atoms with van der Waals surface area (Å²) >= 11 is 13.9. The summed E-state index contributed by atoms with van der Waals surface area (Å²) in [5.74, 6) is 0.0614. The fraction of sp³-hybridized carbons (Fsp3) is 0.368. The Morgan fingerprint density at radius 3 is 2.83 bits per heavy atom. The molecule has 4 rings (SSSR count). The number of esters is 1. The molecule has 0 aliphatic carbocycles. The monoisotopic (exact) mass is 467 g/mol. The van der Waals surface area contributed by atoms with Crippen LogP contribution in [-0.4, -0.2) is 66.9 Å². The van der Waals surface area contributed by atoms with Crippen LogP contribution in [0.25, 0.3) is 0 Å². The lowest BCUT2D eigenvalue weighted by Crippen LogP contribution is -2.43. The zero-order valence-corrected chi connectivity index (χ0v) is 18.4. The van der Waals surface area contributed by atoms with Crippen molar-refractivity contribution in [2.24, 2.45) is 4.99 Å². The van der Waals surface area contributed by atoms with Crippen molar-refractivity contribution >= 4 is 46.3 Å². The van der Waals surface area contributed by atoms with E-state index in [1.165, 1.54) is 18.4 Å². The highest BCUT2D eigenvalue weighted by atomic mass is 35.5. The van der Waals surface area contributed by atoms with Gasteiger partial charge in [0.25, 0.3) is 0 Å². The second-order valence-electron chi connectivity index (χ2n) is 6.69. The number of amidine groups is 1. The quantitative estimate of drug-likeness (QED) is 0.675. The van der Waals surface area contributed by atoms with Crippen molar-refractivity contribution in [2.45, 2.75) is 6.04 Å². The molecule has 1 N–H and O–H groups in total. The highest BCUT2D eigenvalue weighted by Gasteiger charge is 2.34. The van der Waals surface area contributed by atoms with Crippen molar-refractivity contribution in [1.82, 2.24) is 20.4 Å². The average molecular weight is 468 g/mol. The van der Waals surface area contributed by atoms with E-state index in [4.69, 9.17) is 37.7 Å². The van der Waals surface area contributed by atoms with E-state index >= 15 is 0 Å². The number of halogens is 2. The molecule has 0 bridgehead atoms. The van der Waals surface area contributed by atoms with Crippen LogP contribution in [0.5, 0.6) is 0 Å². The third kappa shape index (κ3) is 4.50. The summed E-state index contributed by atoms with van der Waals surface area (Å²) < 4.78 is 10.5. The lowest BCUT2D eigenvalue weighted by atomic mass is 9.95. The van der Waals surface area contributed by atoms with Gasteiger partial charge < -0.3 is 14.8 Å². The second kappa shape index (κ2) is 9.40. The molecule has 1 aromatic heterocycles. The molecule has 1 atom stereocenters. The maximum atomic E-state index is 12.8. The van der Waals surface area contributed by atoms with Crippen molar-refractivity contribution in [3.63, 3.8) is 0 Å². The molecule has 0 amide bonds. The molecule has 0 radical (unpaired) electrons. The molecule has 158 valence electrons. The number of aromatic nitrogens is 2. The number of carbonyl (C=O) groups is 1. The number of nitrogens with zero attached hydrogens (tertiary/aromatic N) is 4. The summed E-state index contributed by atoms with van der Waals surface area (Å²) in [5.41, 5.74) is 3.39. The van der Waals surface area contributed by atoms with Gasteiger partial charge in [0.05, 0.1) is 25.9 Å². The summed E-state index contributed by atoms with van der Waals surface area (Å²) in [7, 11) is 1.35. The van der Waals surface area contributed by atoms with Gasteiger partial charge >= 0.3 is 5.97 Å². The first-order chi connectivity index (χ1) is 14.6. The third-order valence-corrected chi connectivity index (χ3v) is 6.10. The topological polar surface area (TPSA) is 88.9 Å². The molecule has 8 nitrogen and oxygen atoms in total. The van der Waals surface area contributed by atoms with Crippen molar-refractivity contribution < 1.29 is 14.3 Å². The molecular formula is C19H19Cl2N5O3S. The minimum absolute atomic E-state index is 0.404. The number of morpholine rings is 1. The van der Waals surface area contributed by atoms with Crippen LogP contribution in [0.4, 0.5) is 0 Å². The molecule has 0 spiro atoms. The Hall–Kier alpha value is -2.04. The van der Waals surface area contributed by atoms with Crippen LogP contribution in [0.3, 0.4) is 0 Å². The largest absolute Gasteiger partial charge is 0.466 e. The van der Waals surface area contributed by atoms with E-state index in [1.54, 1.807) is 23.7 Å². The lowest BCUT2D eigenvalue weighted by molar-refractivity contribution is -0.136. The summed E-state index contributed by atoms with van der Waals surface area (Å²) in [5, 5.41) is 12.9. The Morgan fingerprint density at radius 1 is 1.37 bits per heavy atom. The number of methoxy groups -OCH3 is 1. The van der Waals surface area contributed by atoms with Gasteiger partial charge in [-0.25, -0.2) is 4.79 Å². The molecule has 1 saturated heterocycles. The maximum Gasteiger partial charge on any atom is 0.338 e. The van der Waals surface area contributed by atoms with Gasteiger partial charge in [0.1, 0.15) is 11.6 Å². The Kier molecular flexibility index (Phi) is 6.64. The van der Waals surface area contributed by atoms with Crippen LogP contribution in [0.1, 0.15) is 16.6 Å². The molecule has 0 saturated carbocycles. The number of benzene rings is 1. The number of carbonyl (C=O) groups excluding carboxylic acids is 1. The summed E-state index contributed by atoms with van der Waals surface area (Å²) in [6, 6.07) is 4.47. The maximum absolute atomic E-state index is 12.8. The minimum Gasteiger partial charge on any atom is -0.466 e. The molecule has 11 heteroatoms. The fourth-order valence-electron chi connectivity index (χ4n) is 3.39. The fourth-order valence-corrected chi connectivity index (χ4v) is 4.40. The number of aliphatic imine (C=N–C) groups is 1. The van der Waals surface area contributed by atoms with E-state index < -0.39 is 12.0 Å². The van der Waals surface area contributed by atoms with E-state index in [1.807, 2.05) is 0 Å². The number of hydrogen-bond donors (Lipinski definition) is 1. The Bertz CT molecular complexity index is 990. The highest BCUT2D eigenvalue weighted by molar-refractivity contribution is 7.11. The minimum atomic E-state index is -0.668. The highest BCUT2D eigenvalue weighted by Crippen LogP contribution is 2.37. The predicted octanol–water partition coefficient (Wildman–Crippen LogP) is 2.70. The van der Waals surface area contributed by atoms with Crippen molar-refractivity contribution in [3.8, 4) is 0 Å². The van der Waals surface area contributed by atoms with Gasteiger partial charge in [0.2, 0.25) is 0 Å². The first-order valence-corrected chi connectivity index (χ1v) is 10.9. The van der Waals surface area contributed by atoms with Gasteiger partial charge in [0, 0.05) is 40.9 Å².